The largest absolute Gasteiger partial charge is 0.366 e. The predicted octanol–water partition coefficient (Wildman–Crippen LogP) is 5.13. The molecule has 5 nitrogen and oxygen atoms in total. The van der Waals surface area contributed by atoms with Crippen molar-refractivity contribution in [2.45, 2.75) is 64.1 Å². The summed E-state index contributed by atoms with van der Waals surface area (Å²) in [5.41, 5.74) is 8.65. The lowest BCUT2D eigenvalue weighted by molar-refractivity contribution is 0.0690. The standard InChI is InChI=1S/C26H32IN3O2/c1-2-21-9-3-4-13-29(21)14-6-10-24-22-12-11-19(25(28)31)16-23(22)26(32)30(24)17-18-7-5-8-20(27)15-18/h5,7-8,11-12,15-16,21,24H,2-4,6,9-10,13-14,17H2,1H3,(H2,28,31). The first-order valence-electron chi connectivity index (χ1n) is 11.7. The summed E-state index contributed by atoms with van der Waals surface area (Å²) in [5, 5.41) is 0. The normalized spacial score (nSPS) is 21.1. The van der Waals surface area contributed by atoms with Crippen molar-refractivity contribution in [2.24, 2.45) is 5.73 Å². The molecule has 6 heteroatoms. The first kappa shape index (κ1) is 23.2. The number of primary amides is 1. The van der Waals surface area contributed by atoms with Crippen LogP contribution in [-0.4, -0.2) is 40.7 Å². The van der Waals surface area contributed by atoms with Crippen molar-refractivity contribution in [3.8, 4) is 0 Å². The molecule has 2 unspecified atom stereocenters. The minimum Gasteiger partial charge on any atom is -0.366 e. The fourth-order valence-corrected chi connectivity index (χ4v) is 5.89. The van der Waals surface area contributed by atoms with Gasteiger partial charge in [-0.25, -0.2) is 0 Å². The third-order valence-corrected chi connectivity index (χ3v) is 7.62. The number of nitrogens with two attached hydrogens (primary N) is 1. The number of nitrogens with zero attached hydrogens (tertiary/aromatic N) is 2. The van der Waals surface area contributed by atoms with Gasteiger partial charge in [-0.15, -0.1) is 0 Å². The van der Waals surface area contributed by atoms with Crippen molar-refractivity contribution < 1.29 is 9.59 Å². The average molecular weight is 545 g/mol. The number of rotatable bonds is 8. The maximum Gasteiger partial charge on any atom is 0.255 e. The summed E-state index contributed by atoms with van der Waals surface area (Å²) in [7, 11) is 0. The van der Waals surface area contributed by atoms with E-state index in [4.69, 9.17) is 5.73 Å². The molecule has 2 atom stereocenters. The molecule has 1 fully saturated rings. The summed E-state index contributed by atoms with van der Waals surface area (Å²) in [6.07, 6.45) is 7.11. The van der Waals surface area contributed by atoms with Crippen molar-refractivity contribution in [3.05, 3.63) is 68.3 Å². The molecular weight excluding hydrogens is 513 g/mol. The molecule has 2 aromatic rings. The van der Waals surface area contributed by atoms with E-state index in [0.717, 1.165) is 34.1 Å². The zero-order chi connectivity index (χ0) is 22.7. The van der Waals surface area contributed by atoms with Crippen molar-refractivity contribution in [2.75, 3.05) is 13.1 Å². The van der Waals surface area contributed by atoms with Gasteiger partial charge in [0.2, 0.25) is 5.91 Å². The van der Waals surface area contributed by atoms with Gasteiger partial charge in [0, 0.05) is 27.3 Å². The molecule has 0 saturated carbocycles. The SMILES string of the molecule is CCC1CCCCN1CCCC1c2ccc(C(N)=O)cc2C(=O)N1Cc1cccc(I)c1. The molecule has 4 rings (SSSR count). The van der Waals surface area contributed by atoms with Crippen LogP contribution in [0.25, 0.3) is 0 Å². The number of piperidine rings is 1. The van der Waals surface area contributed by atoms with Gasteiger partial charge in [0.1, 0.15) is 0 Å². The molecule has 0 bridgehead atoms. The van der Waals surface area contributed by atoms with Crippen molar-refractivity contribution in [1.82, 2.24) is 9.80 Å². The Bertz CT molecular complexity index is 993. The first-order chi connectivity index (χ1) is 15.5. The molecule has 2 aliphatic rings. The summed E-state index contributed by atoms with van der Waals surface area (Å²) in [5.74, 6) is -0.500. The van der Waals surface area contributed by atoms with E-state index in [1.807, 2.05) is 17.0 Å². The minimum absolute atomic E-state index is 0.00336. The van der Waals surface area contributed by atoms with E-state index in [9.17, 15) is 9.59 Å². The minimum atomic E-state index is -0.496. The average Bonchev–Trinajstić information content (AvgIpc) is 3.05. The highest BCUT2D eigenvalue weighted by Gasteiger charge is 2.37. The second-order valence-corrected chi connectivity index (χ2v) is 10.2. The third kappa shape index (κ3) is 5.01. The number of carbonyl (C=O) groups excluding carboxylic acids is 2. The monoisotopic (exact) mass is 545 g/mol. The highest BCUT2D eigenvalue weighted by molar-refractivity contribution is 14.1. The summed E-state index contributed by atoms with van der Waals surface area (Å²) in [4.78, 5) is 29.7. The highest BCUT2D eigenvalue weighted by atomic mass is 127. The van der Waals surface area contributed by atoms with Gasteiger partial charge in [0.05, 0.1) is 6.04 Å². The molecule has 1 saturated heterocycles. The van der Waals surface area contributed by atoms with E-state index >= 15 is 0 Å². The molecule has 2 amide bonds. The van der Waals surface area contributed by atoms with Crippen LogP contribution in [0.5, 0.6) is 0 Å². The zero-order valence-corrected chi connectivity index (χ0v) is 20.9. The number of amides is 2. The Kier molecular flexibility index (Phi) is 7.51. The number of likely N-dealkylation sites (tertiary alicyclic amines) is 1. The van der Waals surface area contributed by atoms with Gasteiger partial charge in [-0.1, -0.05) is 31.5 Å². The smallest absolute Gasteiger partial charge is 0.255 e. The van der Waals surface area contributed by atoms with E-state index < -0.39 is 5.91 Å². The van der Waals surface area contributed by atoms with E-state index in [2.05, 4.69) is 52.6 Å². The Morgan fingerprint density at radius 3 is 2.78 bits per heavy atom. The molecule has 0 spiro atoms. The molecule has 2 N–H and O–H groups in total. The van der Waals surface area contributed by atoms with E-state index in [1.165, 1.54) is 32.2 Å². The molecule has 2 aliphatic heterocycles. The molecule has 0 aromatic heterocycles. The number of halogens is 1. The maximum atomic E-state index is 13.4. The molecule has 0 aliphatic carbocycles. The van der Waals surface area contributed by atoms with Crippen LogP contribution in [0.3, 0.4) is 0 Å². The number of fused-ring (bicyclic) bond motifs is 1. The van der Waals surface area contributed by atoms with Crippen molar-refractivity contribution in [1.29, 1.82) is 0 Å². The summed E-state index contributed by atoms with van der Waals surface area (Å²) < 4.78 is 1.16. The Labute approximate surface area is 204 Å². The van der Waals surface area contributed by atoms with Gasteiger partial charge in [0.15, 0.2) is 0 Å². The Balaban J connectivity index is 1.54. The molecule has 2 aromatic carbocycles. The summed E-state index contributed by atoms with van der Waals surface area (Å²) >= 11 is 2.31. The van der Waals surface area contributed by atoms with E-state index in [0.29, 0.717) is 23.7 Å². The van der Waals surface area contributed by atoms with Crippen LogP contribution < -0.4 is 5.73 Å². The van der Waals surface area contributed by atoms with Crippen LogP contribution >= 0.6 is 22.6 Å². The second kappa shape index (κ2) is 10.3. The van der Waals surface area contributed by atoms with Crippen LogP contribution in [-0.2, 0) is 6.54 Å². The fourth-order valence-electron chi connectivity index (χ4n) is 5.28. The molecule has 2 heterocycles. The third-order valence-electron chi connectivity index (χ3n) is 6.95. The van der Waals surface area contributed by atoms with Crippen LogP contribution in [0, 0.1) is 3.57 Å². The maximum absolute atomic E-state index is 13.4. The van der Waals surface area contributed by atoms with Crippen molar-refractivity contribution >= 4 is 34.4 Å². The Morgan fingerprint density at radius 1 is 1.19 bits per heavy atom. The Morgan fingerprint density at radius 2 is 2.03 bits per heavy atom. The summed E-state index contributed by atoms with van der Waals surface area (Å²) in [6.45, 7) is 5.12. The molecular formula is C26H32IN3O2. The van der Waals surface area contributed by atoms with Crippen LogP contribution in [0.15, 0.2) is 42.5 Å². The number of carbonyl (C=O) groups is 2. The lowest BCUT2D eigenvalue weighted by atomic mass is 9.97. The highest BCUT2D eigenvalue weighted by Crippen LogP contribution is 2.38. The van der Waals surface area contributed by atoms with Crippen LogP contribution in [0.4, 0.5) is 0 Å². The van der Waals surface area contributed by atoms with Gasteiger partial charge in [-0.05, 0) is 103 Å². The quantitative estimate of drug-likeness (QED) is 0.468. The second-order valence-electron chi connectivity index (χ2n) is 8.98. The lowest BCUT2D eigenvalue weighted by Gasteiger charge is -2.35. The molecule has 32 heavy (non-hydrogen) atoms. The zero-order valence-electron chi connectivity index (χ0n) is 18.7. The number of hydrogen-bond donors (Lipinski definition) is 1. The first-order valence-corrected chi connectivity index (χ1v) is 12.8. The molecule has 0 radical (unpaired) electrons. The fraction of sp³-hybridized carbons (Fsp3) is 0.462. The number of benzene rings is 2. The van der Waals surface area contributed by atoms with E-state index in [-0.39, 0.29) is 11.9 Å². The van der Waals surface area contributed by atoms with Gasteiger partial charge < -0.3 is 15.5 Å². The Hall–Kier alpha value is -1.93. The van der Waals surface area contributed by atoms with Crippen LogP contribution in [0.2, 0.25) is 0 Å². The van der Waals surface area contributed by atoms with Gasteiger partial charge in [-0.2, -0.15) is 0 Å². The van der Waals surface area contributed by atoms with Gasteiger partial charge in [0.25, 0.3) is 5.91 Å². The van der Waals surface area contributed by atoms with Gasteiger partial charge >= 0.3 is 0 Å². The van der Waals surface area contributed by atoms with Gasteiger partial charge in [-0.3, -0.25) is 9.59 Å². The van der Waals surface area contributed by atoms with Crippen LogP contribution in [0.1, 0.15) is 83.3 Å². The molecule has 170 valence electrons. The predicted molar refractivity (Wildman–Crippen MR) is 135 cm³/mol. The lowest BCUT2D eigenvalue weighted by Crippen LogP contribution is -2.39. The van der Waals surface area contributed by atoms with E-state index in [1.54, 1.807) is 12.1 Å². The summed E-state index contributed by atoms with van der Waals surface area (Å²) in [6, 6.07) is 14.4. The number of hydrogen-bond acceptors (Lipinski definition) is 3. The van der Waals surface area contributed by atoms with Crippen molar-refractivity contribution in [3.63, 3.8) is 0 Å². The topological polar surface area (TPSA) is 66.6 Å².